The van der Waals surface area contributed by atoms with Crippen LogP contribution in [0, 0.1) is 11.8 Å². The van der Waals surface area contributed by atoms with Gasteiger partial charge in [0.25, 0.3) is 0 Å². The highest BCUT2D eigenvalue weighted by molar-refractivity contribution is 6.31. The summed E-state index contributed by atoms with van der Waals surface area (Å²) in [4.78, 5) is 16.0. The number of anilines is 1. The van der Waals surface area contributed by atoms with Crippen molar-refractivity contribution in [2.24, 2.45) is 11.8 Å². The number of fused-ring (bicyclic) bond motifs is 1. The van der Waals surface area contributed by atoms with E-state index in [1.54, 1.807) is 0 Å². The number of halogens is 1. The molecule has 0 spiro atoms. The largest absolute Gasteiger partial charge is 0.354 e. The fraction of sp³-hybridized carbons (Fsp3) is 0.600. The van der Waals surface area contributed by atoms with E-state index in [-0.39, 0.29) is 11.8 Å². The van der Waals surface area contributed by atoms with E-state index in [4.69, 9.17) is 21.9 Å². The number of nitrogens with one attached hydrogen (secondary N) is 1. The van der Waals surface area contributed by atoms with Crippen molar-refractivity contribution in [3.8, 4) is 0 Å². The summed E-state index contributed by atoms with van der Waals surface area (Å²) < 4.78 is 5.44. The van der Waals surface area contributed by atoms with Crippen molar-refractivity contribution < 1.29 is 9.32 Å². The van der Waals surface area contributed by atoms with Gasteiger partial charge in [-0.1, -0.05) is 16.8 Å². The Bertz CT molecular complexity index is 792. The number of aromatic nitrogens is 1. The van der Waals surface area contributed by atoms with Crippen molar-refractivity contribution in [2.45, 2.75) is 32.1 Å². The van der Waals surface area contributed by atoms with Crippen LogP contribution in [0.15, 0.2) is 22.7 Å². The SMILES string of the molecule is [NH]C(=O)C1CCC(CCN2CCN(c3noc4cc(Cl)ccc34)CC2)CC1. The molecule has 2 fully saturated rings. The summed E-state index contributed by atoms with van der Waals surface area (Å²) in [7, 11) is 0. The number of hydrogen-bond donors (Lipinski definition) is 0. The Balaban J connectivity index is 1.25. The Hall–Kier alpha value is -1.79. The number of rotatable bonds is 5. The van der Waals surface area contributed by atoms with Gasteiger partial charge in [-0.05, 0) is 56.7 Å². The van der Waals surface area contributed by atoms with E-state index in [1.807, 2.05) is 18.2 Å². The number of amides is 1. The van der Waals surface area contributed by atoms with Gasteiger partial charge in [0.2, 0.25) is 5.91 Å². The van der Waals surface area contributed by atoms with E-state index in [0.29, 0.717) is 10.9 Å². The molecule has 1 saturated carbocycles. The minimum absolute atomic E-state index is 0.00282. The molecule has 0 bridgehead atoms. The van der Waals surface area contributed by atoms with Crippen LogP contribution in [0.5, 0.6) is 0 Å². The van der Waals surface area contributed by atoms with Gasteiger partial charge in [-0.15, -0.1) is 0 Å². The van der Waals surface area contributed by atoms with E-state index in [2.05, 4.69) is 15.0 Å². The van der Waals surface area contributed by atoms with Crippen LogP contribution in [0.25, 0.3) is 11.0 Å². The Morgan fingerprint density at radius 2 is 1.93 bits per heavy atom. The molecule has 1 aliphatic carbocycles. The lowest BCUT2D eigenvalue weighted by molar-refractivity contribution is -0.123. The van der Waals surface area contributed by atoms with E-state index in [9.17, 15) is 4.79 Å². The number of carbonyl (C=O) groups excluding carboxylic acids is 1. The maximum absolute atomic E-state index is 11.2. The quantitative estimate of drug-likeness (QED) is 0.780. The van der Waals surface area contributed by atoms with Crippen LogP contribution in [0.3, 0.4) is 0 Å². The van der Waals surface area contributed by atoms with Crippen molar-refractivity contribution >= 4 is 34.3 Å². The molecule has 1 amide bonds. The van der Waals surface area contributed by atoms with E-state index in [1.165, 1.54) is 6.42 Å². The Morgan fingerprint density at radius 3 is 2.63 bits per heavy atom. The van der Waals surface area contributed by atoms with E-state index < -0.39 is 0 Å². The van der Waals surface area contributed by atoms with Crippen molar-refractivity contribution in [3.63, 3.8) is 0 Å². The monoisotopic (exact) mass is 389 g/mol. The predicted molar refractivity (Wildman–Crippen MR) is 106 cm³/mol. The average molecular weight is 390 g/mol. The summed E-state index contributed by atoms with van der Waals surface area (Å²) in [6.45, 7) is 5.08. The first-order chi connectivity index (χ1) is 13.1. The lowest BCUT2D eigenvalue weighted by atomic mass is 9.80. The molecule has 2 aromatic rings. The molecule has 27 heavy (non-hydrogen) atoms. The standard InChI is InChI=1S/C20H26ClN4O2/c21-16-5-6-17-18(13-16)27-23-20(17)25-11-9-24(10-12-25)8-7-14-1-3-15(4-2-14)19(22)26/h5-6,13-15,22H,1-4,7-12H2. The molecular formula is C20H26ClN4O2. The minimum atomic E-state index is -0.368. The van der Waals surface area contributed by atoms with Crippen LogP contribution >= 0.6 is 11.6 Å². The van der Waals surface area contributed by atoms with Gasteiger partial charge in [-0.3, -0.25) is 15.4 Å². The predicted octanol–water partition coefficient (Wildman–Crippen LogP) is 3.61. The minimum Gasteiger partial charge on any atom is -0.354 e. The molecule has 1 saturated heterocycles. The van der Waals surface area contributed by atoms with Crippen molar-refractivity contribution in [1.29, 1.82) is 0 Å². The molecule has 0 unspecified atom stereocenters. The van der Waals surface area contributed by atoms with Crippen LogP contribution in [0.1, 0.15) is 32.1 Å². The number of benzene rings is 1. The Labute approximate surface area is 164 Å². The maximum atomic E-state index is 11.2. The smallest absolute Gasteiger partial charge is 0.241 e. The van der Waals surface area contributed by atoms with Gasteiger partial charge in [0.15, 0.2) is 11.4 Å². The molecule has 2 aliphatic rings. The zero-order chi connectivity index (χ0) is 18.8. The summed E-state index contributed by atoms with van der Waals surface area (Å²) in [5.74, 6) is 1.26. The number of piperazine rings is 1. The van der Waals surface area contributed by atoms with Crippen LogP contribution in [0.2, 0.25) is 5.02 Å². The van der Waals surface area contributed by atoms with E-state index >= 15 is 0 Å². The summed E-state index contributed by atoms with van der Waals surface area (Å²) in [6.07, 6.45) is 5.21. The lowest BCUT2D eigenvalue weighted by Crippen LogP contribution is -2.47. The van der Waals surface area contributed by atoms with Crippen molar-refractivity contribution in [2.75, 3.05) is 37.6 Å². The zero-order valence-corrected chi connectivity index (χ0v) is 16.2. The molecule has 1 aromatic carbocycles. The van der Waals surface area contributed by atoms with Gasteiger partial charge in [-0.25, -0.2) is 0 Å². The molecule has 1 radical (unpaired) electrons. The van der Waals surface area contributed by atoms with Crippen molar-refractivity contribution in [1.82, 2.24) is 15.8 Å². The van der Waals surface area contributed by atoms with Gasteiger partial charge in [0.05, 0.1) is 5.39 Å². The summed E-state index contributed by atoms with van der Waals surface area (Å²) in [6, 6.07) is 5.67. The molecule has 2 heterocycles. The fourth-order valence-corrected chi connectivity index (χ4v) is 4.55. The molecule has 6 nitrogen and oxygen atoms in total. The number of hydrogen-bond acceptors (Lipinski definition) is 5. The first-order valence-corrected chi connectivity index (χ1v) is 10.3. The lowest BCUT2D eigenvalue weighted by Gasteiger charge is -2.36. The Kier molecular flexibility index (Phi) is 5.55. The summed E-state index contributed by atoms with van der Waals surface area (Å²) in [5, 5.41) is 5.94. The number of nitrogens with zero attached hydrogens (tertiary/aromatic N) is 3. The fourth-order valence-electron chi connectivity index (χ4n) is 4.39. The van der Waals surface area contributed by atoms with Gasteiger partial charge < -0.3 is 9.42 Å². The average Bonchev–Trinajstić information content (AvgIpc) is 3.10. The van der Waals surface area contributed by atoms with Crippen LogP contribution < -0.4 is 10.6 Å². The molecule has 1 aliphatic heterocycles. The highest BCUT2D eigenvalue weighted by atomic mass is 35.5. The first kappa shape index (κ1) is 18.6. The van der Waals surface area contributed by atoms with Crippen LogP contribution in [0.4, 0.5) is 5.82 Å². The normalized spacial score (nSPS) is 24.4. The molecule has 145 valence electrons. The highest BCUT2D eigenvalue weighted by Crippen LogP contribution is 2.32. The third-order valence-electron chi connectivity index (χ3n) is 6.16. The van der Waals surface area contributed by atoms with Gasteiger partial charge >= 0.3 is 0 Å². The molecular weight excluding hydrogens is 364 g/mol. The topological polar surface area (TPSA) is 73.4 Å². The summed E-state index contributed by atoms with van der Waals surface area (Å²) in [5.41, 5.74) is 8.01. The van der Waals surface area contributed by atoms with E-state index in [0.717, 1.165) is 75.2 Å². The third-order valence-corrected chi connectivity index (χ3v) is 6.39. The second kappa shape index (κ2) is 8.07. The van der Waals surface area contributed by atoms with Gasteiger partial charge in [0.1, 0.15) is 0 Å². The Morgan fingerprint density at radius 1 is 1.19 bits per heavy atom. The van der Waals surface area contributed by atoms with Crippen LogP contribution in [-0.4, -0.2) is 48.7 Å². The molecule has 0 atom stereocenters. The molecule has 1 N–H and O–H groups in total. The molecule has 7 heteroatoms. The third kappa shape index (κ3) is 4.22. The van der Waals surface area contributed by atoms with Gasteiger partial charge in [-0.2, -0.15) is 0 Å². The summed E-state index contributed by atoms with van der Waals surface area (Å²) >= 11 is 6.02. The number of carbonyl (C=O) groups is 1. The highest BCUT2D eigenvalue weighted by Gasteiger charge is 2.26. The molecule has 4 rings (SSSR count). The zero-order valence-electron chi connectivity index (χ0n) is 15.5. The second-order valence-corrected chi connectivity index (χ2v) is 8.28. The van der Waals surface area contributed by atoms with Crippen LogP contribution in [-0.2, 0) is 4.79 Å². The first-order valence-electron chi connectivity index (χ1n) is 9.88. The van der Waals surface area contributed by atoms with Gasteiger partial charge in [0, 0.05) is 43.2 Å². The molecule has 1 aromatic heterocycles. The second-order valence-electron chi connectivity index (χ2n) is 7.85. The van der Waals surface area contributed by atoms with Crippen molar-refractivity contribution in [3.05, 3.63) is 23.2 Å². The maximum Gasteiger partial charge on any atom is 0.241 e.